The van der Waals surface area contributed by atoms with Crippen molar-refractivity contribution in [1.29, 1.82) is 0 Å². The number of benzene rings is 1. The smallest absolute Gasteiger partial charge is 0.328 e. The number of hydrogen-bond donors (Lipinski definition) is 1. The van der Waals surface area contributed by atoms with Crippen molar-refractivity contribution in [3.05, 3.63) is 41.1 Å². The molecule has 1 aromatic carbocycles. The molecule has 3 nitrogen and oxygen atoms in total. The molecule has 0 saturated heterocycles. The van der Waals surface area contributed by atoms with Crippen LogP contribution in [-0.4, -0.2) is 15.6 Å². The molecule has 1 aromatic heterocycles. The normalized spacial score (nSPS) is 14.5. The molecule has 3 heteroatoms. The van der Waals surface area contributed by atoms with Crippen LogP contribution in [0.25, 0.3) is 17.0 Å². The van der Waals surface area contributed by atoms with Gasteiger partial charge in [0.2, 0.25) is 0 Å². The Labute approximate surface area is 105 Å². The van der Waals surface area contributed by atoms with Crippen LogP contribution in [0.15, 0.2) is 24.3 Å². The topological polar surface area (TPSA) is 42.2 Å². The van der Waals surface area contributed by atoms with Crippen LogP contribution in [0, 0.1) is 6.92 Å². The highest BCUT2D eigenvalue weighted by Crippen LogP contribution is 2.30. The highest BCUT2D eigenvalue weighted by atomic mass is 16.4. The van der Waals surface area contributed by atoms with Crippen molar-refractivity contribution in [2.45, 2.75) is 26.3 Å². The van der Waals surface area contributed by atoms with Crippen LogP contribution in [0.1, 0.15) is 23.2 Å². The summed E-state index contributed by atoms with van der Waals surface area (Å²) in [5, 5.41) is 9.90. The minimum Gasteiger partial charge on any atom is -0.478 e. The molecular formula is C15H15NO2. The quantitative estimate of drug-likeness (QED) is 0.821. The first-order valence-electron chi connectivity index (χ1n) is 6.19. The summed E-state index contributed by atoms with van der Waals surface area (Å²) in [4.78, 5) is 10.6. The summed E-state index contributed by atoms with van der Waals surface area (Å²) in [6.07, 6.45) is 5.10. The molecule has 2 heterocycles. The fourth-order valence-electron chi connectivity index (χ4n) is 2.83. The van der Waals surface area contributed by atoms with Gasteiger partial charge in [0, 0.05) is 23.7 Å². The second-order valence-electron chi connectivity index (χ2n) is 4.83. The minimum absolute atomic E-state index is 0.905. The third-order valence-corrected chi connectivity index (χ3v) is 3.55. The van der Waals surface area contributed by atoms with Crippen molar-refractivity contribution in [3.63, 3.8) is 0 Å². The standard InChI is InChI=1S/C15H15NO2/c1-10-7-13-9-11(4-5-14(17)18)8-12-3-2-6-16(10)15(12)13/h4-5,7-9H,2-3,6H2,1H3,(H,17,18)/b5-4+. The lowest BCUT2D eigenvalue weighted by Gasteiger charge is -2.17. The maximum atomic E-state index is 10.6. The number of hydrogen-bond acceptors (Lipinski definition) is 1. The molecule has 0 spiro atoms. The molecule has 0 atom stereocenters. The highest BCUT2D eigenvalue weighted by molar-refractivity contribution is 5.90. The van der Waals surface area contributed by atoms with Crippen LogP contribution in [-0.2, 0) is 17.8 Å². The van der Waals surface area contributed by atoms with Gasteiger partial charge in [0.25, 0.3) is 0 Å². The summed E-state index contributed by atoms with van der Waals surface area (Å²) < 4.78 is 2.36. The van der Waals surface area contributed by atoms with E-state index in [1.165, 1.54) is 28.2 Å². The van der Waals surface area contributed by atoms with Gasteiger partial charge in [0.05, 0.1) is 5.52 Å². The average molecular weight is 241 g/mol. The molecule has 0 unspecified atom stereocenters. The van der Waals surface area contributed by atoms with E-state index in [0.29, 0.717) is 0 Å². The summed E-state index contributed by atoms with van der Waals surface area (Å²) >= 11 is 0. The molecule has 0 radical (unpaired) electrons. The van der Waals surface area contributed by atoms with Crippen molar-refractivity contribution >= 4 is 22.9 Å². The van der Waals surface area contributed by atoms with E-state index < -0.39 is 5.97 Å². The molecule has 18 heavy (non-hydrogen) atoms. The first-order chi connectivity index (χ1) is 8.65. The van der Waals surface area contributed by atoms with E-state index in [-0.39, 0.29) is 0 Å². The van der Waals surface area contributed by atoms with Crippen molar-refractivity contribution in [3.8, 4) is 0 Å². The molecule has 0 amide bonds. The van der Waals surface area contributed by atoms with Crippen LogP contribution in [0.2, 0.25) is 0 Å². The summed E-state index contributed by atoms with van der Waals surface area (Å²) in [6.45, 7) is 3.22. The molecule has 92 valence electrons. The van der Waals surface area contributed by atoms with Gasteiger partial charge in [-0.3, -0.25) is 0 Å². The largest absolute Gasteiger partial charge is 0.478 e. The Bertz CT molecular complexity index is 665. The monoisotopic (exact) mass is 241 g/mol. The SMILES string of the molecule is Cc1cc2cc(/C=C/C(=O)O)cc3c2n1CCC3. The molecule has 1 aliphatic heterocycles. The van der Waals surface area contributed by atoms with Crippen LogP contribution >= 0.6 is 0 Å². The second kappa shape index (κ2) is 4.02. The third kappa shape index (κ3) is 1.72. The van der Waals surface area contributed by atoms with E-state index in [9.17, 15) is 4.79 Å². The first-order valence-corrected chi connectivity index (χ1v) is 6.19. The maximum Gasteiger partial charge on any atom is 0.328 e. The number of aryl methyl sites for hydroxylation is 3. The van der Waals surface area contributed by atoms with Gasteiger partial charge in [0.1, 0.15) is 0 Å². The molecule has 0 bridgehead atoms. The van der Waals surface area contributed by atoms with E-state index >= 15 is 0 Å². The molecule has 0 aliphatic carbocycles. The molecule has 1 N–H and O–H groups in total. The second-order valence-corrected chi connectivity index (χ2v) is 4.83. The van der Waals surface area contributed by atoms with Gasteiger partial charge < -0.3 is 9.67 Å². The van der Waals surface area contributed by atoms with E-state index in [1.807, 2.05) is 0 Å². The zero-order chi connectivity index (χ0) is 12.7. The molecule has 2 aromatic rings. The van der Waals surface area contributed by atoms with Gasteiger partial charge >= 0.3 is 5.97 Å². The summed E-state index contributed by atoms with van der Waals surface area (Å²) in [5.41, 5.74) is 4.91. The molecule has 1 aliphatic rings. The minimum atomic E-state index is -0.905. The lowest BCUT2D eigenvalue weighted by atomic mass is 10.00. The molecule has 0 fully saturated rings. The maximum absolute atomic E-state index is 10.6. The molecular weight excluding hydrogens is 226 g/mol. The highest BCUT2D eigenvalue weighted by Gasteiger charge is 2.15. The van der Waals surface area contributed by atoms with Gasteiger partial charge in [-0.05, 0) is 55.2 Å². The Balaban J connectivity index is 2.19. The Morgan fingerprint density at radius 1 is 1.39 bits per heavy atom. The first kappa shape index (κ1) is 11.1. The predicted octanol–water partition coefficient (Wildman–Crippen LogP) is 2.99. The van der Waals surface area contributed by atoms with Gasteiger partial charge in [-0.2, -0.15) is 0 Å². The van der Waals surface area contributed by atoms with E-state index in [4.69, 9.17) is 5.11 Å². The fourth-order valence-corrected chi connectivity index (χ4v) is 2.83. The zero-order valence-corrected chi connectivity index (χ0v) is 10.3. The van der Waals surface area contributed by atoms with Crippen LogP contribution in [0.4, 0.5) is 0 Å². The number of rotatable bonds is 2. The number of carboxylic acid groups (broad SMARTS) is 1. The fraction of sp³-hybridized carbons (Fsp3) is 0.267. The van der Waals surface area contributed by atoms with Gasteiger partial charge in [0.15, 0.2) is 0 Å². The lowest BCUT2D eigenvalue weighted by Crippen LogP contribution is -2.08. The van der Waals surface area contributed by atoms with Crippen molar-refractivity contribution < 1.29 is 9.90 Å². The summed E-state index contributed by atoms with van der Waals surface area (Å²) in [7, 11) is 0. The molecule has 0 saturated carbocycles. The van der Waals surface area contributed by atoms with Gasteiger partial charge in [-0.15, -0.1) is 0 Å². The zero-order valence-electron chi connectivity index (χ0n) is 10.3. The van der Waals surface area contributed by atoms with E-state index in [1.54, 1.807) is 6.08 Å². The average Bonchev–Trinajstić information content (AvgIpc) is 2.66. The van der Waals surface area contributed by atoms with Gasteiger partial charge in [-0.25, -0.2) is 4.79 Å². The number of carbonyl (C=O) groups is 1. The number of aliphatic carboxylic acids is 1. The van der Waals surface area contributed by atoms with Crippen molar-refractivity contribution in [2.24, 2.45) is 0 Å². The van der Waals surface area contributed by atoms with E-state index in [0.717, 1.165) is 24.9 Å². The van der Waals surface area contributed by atoms with Crippen LogP contribution < -0.4 is 0 Å². The van der Waals surface area contributed by atoms with Crippen molar-refractivity contribution in [2.75, 3.05) is 0 Å². The van der Waals surface area contributed by atoms with E-state index in [2.05, 4.69) is 29.7 Å². The van der Waals surface area contributed by atoms with Crippen LogP contribution in [0.5, 0.6) is 0 Å². The van der Waals surface area contributed by atoms with Crippen molar-refractivity contribution in [1.82, 2.24) is 4.57 Å². The summed E-state index contributed by atoms with van der Waals surface area (Å²) in [6, 6.07) is 6.35. The Kier molecular flexibility index (Phi) is 2.47. The molecule has 3 rings (SSSR count). The number of carboxylic acids is 1. The summed E-state index contributed by atoms with van der Waals surface area (Å²) in [5.74, 6) is -0.905. The van der Waals surface area contributed by atoms with Gasteiger partial charge in [-0.1, -0.05) is 0 Å². The Morgan fingerprint density at radius 3 is 3.00 bits per heavy atom. The Morgan fingerprint density at radius 2 is 2.22 bits per heavy atom. The lowest BCUT2D eigenvalue weighted by molar-refractivity contribution is -0.131. The number of nitrogens with zero attached hydrogens (tertiary/aromatic N) is 1. The predicted molar refractivity (Wildman–Crippen MR) is 71.7 cm³/mol. The van der Waals surface area contributed by atoms with Crippen LogP contribution in [0.3, 0.4) is 0 Å². The Hall–Kier alpha value is -2.03. The third-order valence-electron chi connectivity index (χ3n) is 3.55. The number of aromatic nitrogens is 1.